The molecule has 3 nitrogen and oxygen atoms in total. The van der Waals surface area contributed by atoms with Gasteiger partial charge in [-0.25, -0.2) is 0 Å². The first kappa shape index (κ1) is 10.9. The zero-order valence-electron chi connectivity index (χ0n) is 7.83. The van der Waals surface area contributed by atoms with Gasteiger partial charge in [0.15, 0.2) is 6.29 Å². The third kappa shape index (κ3) is 2.64. The number of alkyl halides is 1. The van der Waals surface area contributed by atoms with Crippen LogP contribution in [0.5, 0.6) is 11.5 Å². The number of benzene rings is 1. The Morgan fingerprint density at radius 1 is 1.50 bits per heavy atom. The Hall–Kier alpha value is -1.22. The Morgan fingerprint density at radius 3 is 2.86 bits per heavy atom. The van der Waals surface area contributed by atoms with Crippen molar-refractivity contribution < 1.29 is 14.3 Å². The molecule has 1 aromatic rings. The Bertz CT molecular complexity index is 312. The number of ether oxygens (including phenoxy) is 2. The van der Waals surface area contributed by atoms with Gasteiger partial charge >= 0.3 is 0 Å². The van der Waals surface area contributed by atoms with E-state index in [1.165, 1.54) is 0 Å². The molecule has 0 spiro atoms. The van der Waals surface area contributed by atoms with Gasteiger partial charge < -0.3 is 9.47 Å². The maximum absolute atomic E-state index is 10.7. The van der Waals surface area contributed by atoms with Gasteiger partial charge in [-0.3, -0.25) is 4.79 Å². The van der Waals surface area contributed by atoms with Crippen LogP contribution >= 0.6 is 11.6 Å². The fourth-order valence-corrected chi connectivity index (χ4v) is 1.10. The highest BCUT2D eigenvalue weighted by molar-refractivity contribution is 6.18. The van der Waals surface area contributed by atoms with Crippen molar-refractivity contribution >= 4 is 17.9 Å². The predicted molar refractivity (Wildman–Crippen MR) is 54.6 cm³/mol. The zero-order chi connectivity index (χ0) is 10.4. The van der Waals surface area contributed by atoms with Crippen LogP contribution in [-0.4, -0.2) is 25.9 Å². The maximum Gasteiger partial charge on any atom is 0.153 e. The molecule has 0 unspecified atom stereocenters. The number of hydrogen-bond donors (Lipinski definition) is 0. The van der Waals surface area contributed by atoms with Gasteiger partial charge in [-0.1, -0.05) is 0 Å². The van der Waals surface area contributed by atoms with Crippen molar-refractivity contribution in [1.82, 2.24) is 0 Å². The number of methoxy groups -OCH3 is 1. The van der Waals surface area contributed by atoms with E-state index in [-0.39, 0.29) is 0 Å². The lowest BCUT2D eigenvalue weighted by molar-refractivity contribution is 0.111. The molecule has 1 aromatic carbocycles. The van der Waals surface area contributed by atoms with Crippen molar-refractivity contribution in [2.24, 2.45) is 0 Å². The van der Waals surface area contributed by atoms with E-state index in [9.17, 15) is 4.79 Å². The van der Waals surface area contributed by atoms with E-state index in [4.69, 9.17) is 21.1 Å². The topological polar surface area (TPSA) is 35.5 Å². The molecule has 0 saturated carbocycles. The molecule has 0 aliphatic rings. The highest BCUT2D eigenvalue weighted by Crippen LogP contribution is 2.22. The summed E-state index contributed by atoms with van der Waals surface area (Å²) in [4.78, 5) is 10.7. The minimum absolute atomic E-state index is 0.384. The summed E-state index contributed by atoms with van der Waals surface area (Å²) in [6, 6.07) is 5.04. The second kappa shape index (κ2) is 5.50. The van der Waals surface area contributed by atoms with Crippen LogP contribution in [0.2, 0.25) is 0 Å². The van der Waals surface area contributed by atoms with Gasteiger partial charge in [-0.05, 0) is 18.2 Å². The second-order valence-corrected chi connectivity index (χ2v) is 2.94. The predicted octanol–water partition coefficient (Wildman–Crippen LogP) is 2.13. The lowest BCUT2D eigenvalue weighted by Crippen LogP contribution is -2.01. The van der Waals surface area contributed by atoms with E-state index < -0.39 is 0 Å². The van der Waals surface area contributed by atoms with E-state index in [1.807, 2.05) is 0 Å². The van der Waals surface area contributed by atoms with Gasteiger partial charge in [0.05, 0.1) is 18.6 Å². The van der Waals surface area contributed by atoms with E-state index in [1.54, 1.807) is 25.3 Å². The third-order valence-electron chi connectivity index (χ3n) is 1.68. The number of carbonyl (C=O) groups is 1. The van der Waals surface area contributed by atoms with Gasteiger partial charge in [0.25, 0.3) is 0 Å². The van der Waals surface area contributed by atoms with Crippen LogP contribution in [0.4, 0.5) is 0 Å². The van der Waals surface area contributed by atoms with Crippen molar-refractivity contribution in [3.63, 3.8) is 0 Å². The Kier molecular flexibility index (Phi) is 4.26. The molecule has 0 aliphatic carbocycles. The van der Waals surface area contributed by atoms with Crippen molar-refractivity contribution in [3.8, 4) is 11.5 Å². The molecule has 0 aromatic heterocycles. The van der Waals surface area contributed by atoms with Crippen molar-refractivity contribution in [1.29, 1.82) is 0 Å². The summed E-state index contributed by atoms with van der Waals surface area (Å²) in [6.45, 7) is 0.384. The fraction of sp³-hybridized carbons (Fsp3) is 0.300. The van der Waals surface area contributed by atoms with Crippen LogP contribution in [0.3, 0.4) is 0 Å². The summed E-state index contributed by atoms with van der Waals surface area (Å²) in [6.07, 6.45) is 0.728. The average Bonchev–Trinajstić information content (AvgIpc) is 2.26. The molecular weight excluding hydrogens is 204 g/mol. The first-order valence-corrected chi connectivity index (χ1v) is 4.67. The summed E-state index contributed by atoms with van der Waals surface area (Å²) < 4.78 is 10.2. The quantitative estimate of drug-likeness (QED) is 0.557. The number of hydrogen-bond acceptors (Lipinski definition) is 3. The summed E-state index contributed by atoms with van der Waals surface area (Å²) in [5.74, 6) is 1.55. The second-order valence-electron chi connectivity index (χ2n) is 2.56. The molecule has 0 bridgehead atoms. The van der Waals surface area contributed by atoms with Crippen LogP contribution in [0.15, 0.2) is 18.2 Å². The molecule has 0 amide bonds. The van der Waals surface area contributed by atoms with E-state index in [0.717, 1.165) is 6.29 Å². The molecule has 0 heterocycles. The monoisotopic (exact) mass is 214 g/mol. The summed E-state index contributed by atoms with van der Waals surface area (Å²) >= 11 is 5.47. The SMILES string of the molecule is COc1ccc(OCCCl)c(C=O)c1. The molecule has 0 atom stereocenters. The molecular formula is C10H11ClO3. The standard InChI is InChI=1S/C10H11ClO3/c1-13-9-2-3-10(14-5-4-11)8(6-9)7-12/h2-3,6-7H,4-5H2,1H3. The Labute approximate surface area is 87.6 Å². The molecule has 0 radical (unpaired) electrons. The van der Waals surface area contributed by atoms with Crippen molar-refractivity contribution in [3.05, 3.63) is 23.8 Å². The van der Waals surface area contributed by atoms with Crippen molar-refractivity contribution in [2.45, 2.75) is 0 Å². The van der Waals surface area contributed by atoms with Crippen LogP contribution < -0.4 is 9.47 Å². The Balaban J connectivity index is 2.87. The molecule has 1 rings (SSSR count). The number of carbonyl (C=O) groups excluding carboxylic acids is 1. The van der Waals surface area contributed by atoms with Crippen molar-refractivity contribution in [2.75, 3.05) is 19.6 Å². The molecule has 0 saturated heterocycles. The van der Waals surface area contributed by atoms with Crippen LogP contribution in [0.25, 0.3) is 0 Å². The first-order chi connectivity index (χ1) is 6.81. The highest BCUT2D eigenvalue weighted by Gasteiger charge is 2.04. The third-order valence-corrected chi connectivity index (χ3v) is 1.83. The fourth-order valence-electron chi connectivity index (χ4n) is 1.03. The van der Waals surface area contributed by atoms with Crippen LogP contribution in [0, 0.1) is 0 Å². The maximum atomic E-state index is 10.7. The molecule has 0 N–H and O–H groups in total. The molecule has 4 heteroatoms. The van der Waals surface area contributed by atoms with Gasteiger partial charge in [0.1, 0.15) is 18.1 Å². The average molecular weight is 215 g/mol. The van der Waals surface area contributed by atoms with Crippen LogP contribution in [-0.2, 0) is 0 Å². The number of aldehydes is 1. The summed E-state index contributed by atoms with van der Waals surface area (Å²) in [7, 11) is 1.54. The number of halogens is 1. The molecule has 14 heavy (non-hydrogen) atoms. The smallest absolute Gasteiger partial charge is 0.153 e. The van der Waals surface area contributed by atoms with E-state index in [2.05, 4.69) is 0 Å². The largest absolute Gasteiger partial charge is 0.497 e. The molecule has 0 fully saturated rings. The molecule has 0 aliphatic heterocycles. The zero-order valence-corrected chi connectivity index (χ0v) is 8.58. The normalized spacial score (nSPS) is 9.57. The van der Waals surface area contributed by atoms with Crippen LogP contribution in [0.1, 0.15) is 10.4 Å². The van der Waals surface area contributed by atoms with E-state index in [0.29, 0.717) is 29.5 Å². The van der Waals surface area contributed by atoms with E-state index >= 15 is 0 Å². The molecule has 76 valence electrons. The Morgan fingerprint density at radius 2 is 2.29 bits per heavy atom. The lowest BCUT2D eigenvalue weighted by atomic mass is 10.2. The summed E-state index contributed by atoms with van der Waals surface area (Å²) in [5, 5.41) is 0. The van der Waals surface area contributed by atoms with Gasteiger partial charge in [-0.15, -0.1) is 11.6 Å². The minimum atomic E-state index is 0.384. The lowest BCUT2D eigenvalue weighted by Gasteiger charge is -2.07. The van der Waals surface area contributed by atoms with Gasteiger partial charge in [0.2, 0.25) is 0 Å². The highest BCUT2D eigenvalue weighted by atomic mass is 35.5. The summed E-state index contributed by atoms with van der Waals surface area (Å²) in [5.41, 5.74) is 0.467. The minimum Gasteiger partial charge on any atom is -0.497 e. The van der Waals surface area contributed by atoms with Gasteiger partial charge in [0, 0.05) is 0 Å². The van der Waals surface area contributed by atoms with Gasteiger partial charge in [-0.2, -0.15) is 0 Å². The number of rotatable bonds is 5. The first-order valence-electron chi connectivity index (χ1n) is 4.13.